The van der Waals surface area contributed by atoms with Gasteiger partial charge in [0.05, 0.1) is 12.1 Å². The molecule has 1 heterocycles. The average Bonchev–Trinajstić information content (AvgIpc) is 2.81. The summed E-state index contributed by atoms with van der Waals surface area (Å²) >= 11 is 5.96. The highest BCUT2D eigenvalue weighted by atomic mass is 35.5. The van der Waals surface area contributed by atoms with Crippen LogP contribution in [0.5, 0.6) is 0 Å². The predicted octanol–water partition coefficient (Wildman–Crippen LogP) is 2.83. The minimum atomic E-state index is -0.436. The Balaban J connectivity index is 0.00000180. The normalized spacial score (nSPS) is 19.6. The van der Waals surface area contributed by atoms with Gasteiger partial charge in [0, 0.05) is 10.6 Å². The van der Waals surface area contributed by atoms with Crippen LogP contribution in [0.4, 0.5) is 4.39 Å². The monoisotopic (exact) mass is 306 g/mol. The van der Waals surface area contributed by atoms with Crippen molar-refractivity contribution in [2.24, 2.45) is 0 Å². The molecule has 1 aliphatic rings. The Morgan fingerprint density at radius 2 is 2.32 bits per heavy atom. The fourth-order valence-electron chi connectivity index (χ4n) is 2.22. The van der Waals surface area contributed by atoms with Crippen LogP contribution >= 0.6 is 24.0 Å². The quantitative estimate of drug-likeness (QED) is 0.901. The summed E-state index contributed by atoms with van der Waals surface area (Å²) in [7, 11) is 0. The van der Waals surface area contributed by atoms with E-state index >= 15 is 0 Å². The van der Waals surface area contributed by atoms with Crippen LogP contribution in [0.25, 0.3) is 0 Å². The van der Waals surface area contributed by atoms with Crippen molar-refractivity contribution in [1.82, 2.24) is 10.6 Å². The Bertz CT molecular complexity index is 430. The van der Waals surface area contributed by atoms with E-state index in [2.05, 4.69) is 10.6 Å². The van der Waals surface area contributed by atoms with Gasteiger partial charge in [0.15, 0.2) is 0 Å². The van der Waals surface area contributed by atoms with Gasteiger partial charge in [-0.25, -0.2) is 4.39 Å². The van der Waals surface area contributed by atoms with E-state index in [4.69, 9.17) is 11.6 Å². The third-order valence-corrected chi connectivity index (χ3v) is 3.50. The average molecular weight is 307 g/mol. The Hall–Kier alpha value is -0.840. The van der Waals surface area contributed by atoms with Crippen LogP contribution in [-0.4, -0.2) is 18.5 Å². The smallest absolute Gasteiger partial charge is 0.237 e. The molecular weight excluding hydrogens is 290 g/mol. The topological polar surface area (TPSA) is 41.1 Å². The lowest BCUT2D eigenvalue weighted by Crippen LogP contribution is -2.41. The molecule has 1 saturated heterocycles. The van der Waals surface area contributed by atoms with E-state index in [9.17, 15) is 9.18 Å². The third kappa shape index (κ3) is 3.81. The number of hydrogen-bond donors (Lipinski definition) is 2. The zero-order valence-corrected chi connectivity index (χ0v) is 12.2. The molecule has 2 atom stereocenters. The number of benzene rings is 1. The van der Waals surface area contributed by atoms with Crippen molar-refractivity contribution in [3.05, 3.63) is 34.6 Å². The zero-order valence-electron chi connectivity index (χ0n) is 10.6. The second-order valence-corrected chi connectivity index (χ2v) is 4.92. The van der Waals surface area contributed by atoms with Gasteiger partial charge in [-0.1, -0.05) is 17.7 Å². The summed E-state index contributed by atoms with van der Waals surface area (Å²) in [5.41, 5.74) is 0.338. The van der Waals surface area contributed by atoms with Crippen LogP contribution in [-0.2, 0) is 4.79 Å². The standard InChI is InChI=1S/C13H16ClFN2O.ClH/c1-8(12-9(14)4-2-5-10(12)15)17-13(18)11-6-3-7-16-11;/h2,4-5,8,11,16H,3,6-7H2,1H3,(H,17,18);1H. The fraction of sp³-hybridized carbons (Fsp3) is 0.462. The lowest BCUT2D eigenvalue weighted by molar-refractivity contribution is -0.123. The van der Waals surface area contributed by atoms with Gasteiger partial charge in [-0.05, 0) is 38.4 Å². The van der Waals surface area contributed by atoms with Gasteiger partial charge in [-0.2, -0.15) is 0 Å². The van der Waals surface area contributed by atoms with Crippen molar-refractivity contribution in [1.29, 1.82) is 0 Å². The third-order valence-electron chi connectivity index (χ3n) is 3.17. The van der Waals surface area contributed by atoms with E-state index in [-0.39, 0.29) is 24.4 Å². The number of nitrogens with one attached hydrogen (secondary N) is 2. The van der Waals surface area contributed by atoms with Gasteiger partial charge in [0.2, 0.25) is 5.91 Å². The van der Waals surface area contributed by atoms with Crippen LogP contribution in [0.2, 0.25) is 5.02 Å². The molecule has 1 aliphatic heterocycles. The molecule has 0 bridgehead atoms. The molecular formula is C13H17Cl2FN2O. The number of hydrogen-bond acceptors (Lipinski definition) is 2. The van der Waals surface area contributed by atoms with Crippen LogP contribution in [0.3, 0.4) is 0 Å². The zero-order chi connectivity index (χ0) is 13.1. The molecule has 0 aliphatic carbocycles. The van der Waals surface area contributed by atoms with Crippen molar-refractivity contribution in [3.8, 4) is 0 Å². The molecule has 1 fully saturated rings. The van der Waals surface area contributed by atoms with Gasteiger partial charge < -0.3 is 10.6 Å². The molecule has 2 rings (SSSR count). The Morgan fingerprint density at radius 3 is 2.89 bits per heavy atom. The molecule has 1 amide bonds. The van der Waals surface area contributed by atoms with E-state index in [0.717, 1.165) is 19.4 Å². The van der Waals surface area contributed by atoms with Gasteiger partial charge in [-0.15, -0.1) is 12.4 Å². The van der Waals surface area contributed by atoms with E-state index < -0.39 is 11.9 Å². The molecule has 1 aromatic rings. The van der Waals surface area contributed by atoms with E-state index in [1.165, 1.54) is 6.07 Å². The fourth-order valence-corrected chi connectivity index (χ4v) is 2.55. The number of carbonyl (C=O) groups is 1. The molecule has 0 spiro atoms. The van der Waals surface area contributed by atoms with Crippen LogP contribution in [0.15, 0.2) is 18.2 Å². The van der Waals surface area contributed by atoms with Gasteiger partial charge in [0.1, 0.15) is 5.82 Å². The minimum Gasteiger partial charge on any atom is -0.348 e. The van der Waals surface area contributed by atoms with E-state index in [1.807, 2.05) is 0 Å². The lowest BCUT2D eigenvalue weighted by atomic mass is 10.1. The molecule has 3 nitrogen and oxygen atoms in total. The van der Waals surface area contributed by atoms with Crippen molar-refractivity contribution >= 4 is 29.9 Å². The van der Waals surface area contributed by atoms with Gasteiger partial charge in [-0.3, -0.25) is 4.79 Å². The number of carbonyl (C=O) groups excluding carboxylic acids is 1. The first-order valence-electron chi connectivity index (χ1n) is 6.07. The summed E-state index contributed by atoms with van der Waals surface area (Å²) in [4.78, 5) is 11.9. The summed E-state index contributed by atoms with van der Waals surface area (Å²) in [5, 5.41) is 6.23. The van der Waals surface area contributed by atoms with Crippen molar-refractivity contribution in [2.45, 2.75) is 31.8 Å². The van der Waals surface area contributed by atoms with Gasteiger partial charge >= 0.3 is 0 Å². The first-order chi connectivity index (χ1) is 8.59. The second kappa shape index (κ2) is 7.08. The summed E-state index contributed by atoms with van der Waals surface area (Å²) in [6.07, 6.45) is 1.82. The summed E-state index contributed by atoms with van der Waals surface area (Å²) < 4.78 is 13.7. The molecule has 2 unspecified atom stereocenters. The predicted molar refractivity (Wildman–Crippen MR) is 76.2 cm³/mol. The summed E-state index contributed by atoms with van der Waals surface area (Å²) in [6.45, 7) is 2.59. The molecule has 19 heavy (non-hydrogen) atoms. The number of amides is 1. The second-order valence-electron chi connectivity index (χ2n) is 4.51. The summed E-state index contributed by atoms with van der Waals surface area (Å²) in [5.74, 6) is -0.492. The molecule has 0 aromatic heterocycles. The first-order valence-corrected chi connectivity index (χ1v) is 6.45. The molecule has 106 valence electrons. The maximum atomic E-state index is 13.7. The highest BCUT2D eigenvalue weighted by Crippen LogP contribution is 2.25. The van der Waals surface area contributed by atoms with Crippen molar-refractivity contribution in [2.75, 3.05) is 6.54 Å². The molecule has 0 saturated carbocycles. The highest BCUT2D eigenvalue weighted by Gasteiger charge is 2.24. The van der Waals surface area contributed by atoms with E-state index in [1.54, 1.807) is 19.1 Å². The molecule has 0 radical (unpaired) electrons. The number of halogens is 3. The largest absolute Gasteiger partial charge is 0.348 e. The lowest BCUT2D eigenvalue weighted by Gasteiger charge is -2.19. The van der Waals surface area contributed by atoms with Crippen LogP contribution in [0.1, 0.15) is 31.4 Å². The minimum absolute atomic E-state index is 0. The number of rotatable bonds is 3. The molecule has 6 heteroatoms. The maximum Gasteiger partial charge on any atom is 0.237 e. The van der Waals surface area contributed by atoms with E-state index in [0.29, 0.717) is 10.6 Å². The SMILES string of the molecule is CC(NC(=O)C1CCCN1)c1c(F)cccc1Cl.Cl. The van der Waals surface area contributed by atoms with Crippen molar-refractivity contribution < 1.29 is 9.18 Å². The van der Waals surface area contributed by atoms with Crippen molar-refractivity contribution in [3.63, 3.8) is 0 Å². The highest BCUT2D eigenvalue weighted by molar-refractivity contribution is 6.31. The summed E-state index contributed by atoms with van der Waals surface area (Å²) in [6, 6.07) is 3.91. The van der Waals surface area contributed by atoms with Gasteiger partial charge in [0.25, 0.3) is 0 Å². The Morgan fingerprint density at radius 1 is 1.58 bits per heavy atom. The first kappa shape index (κ1) is 16.2. The van der Waals surface area contributed by atoms with Crippen LogP contribution < -0.4 is 10.6 Å². The molecule has 2 N–H and O–H groups in total. The Labute approximate surface area is 123 Å². The Kier molecular flexibility index (Phi) is 6.04. The molecule has 1 aromatic carbocycles. The maximum absolute atomic E-state index is 13.7. The van der Waals surface area contributed by atoms with Crippen LogP contribution in [0, 0.1) is 5.82 Å².